The van der Waals surface area contributed by atoms with E-state index < -0.39 is 12.1 Å². The average Bonchev–Trinajstić information content (AvgIpc) is 2.69. The van der Waals surface area contributed by atoms with Gasteiger partial charge in [0.15, 0.2) is 0 Å². The van der Waals surface area contributed by atoms with Crippen molar-refractivity contribution in [1.29, 1.82) is 0 Å². The van der Waals surface area contributed by atoms with E-state index in [1.54, 1.807) is 0 Å². The molecule has 6 heteroatoms. The molecule has 0 aromatic heterocycles. The van der Waals surface area contributed by atoms with Gasteiger partial charge in [-0.05, 0) is 30.2 Å². The molecule has 17 heavy (non-hydrogen) atoms. The predicted molar refractivity (Wildman–Crippen MR) is 53.9 cm³/mol. The SMILES string of the molecule is O=Cc1ccc2c(c1)CCN2C(=O)C(F)(F)F. The second-order valence-corrected chi connectivity index (χ2v) is 3.71. The zero-order chi connectivity index (χ0) is 12.6. The summed E-state index contributed by atoms with van der Waals surface area (Å²) in [6, 6.07) is 4.27. The number of amides is 1. The predicted octanol–water partition coefficient (Wildman–Crippen LogP) is 1.95. The Labute approximate surface area is 94.8 Å². The summed E-state index contributed by atoms with van der Waals surface area (Å²) >= 11 is 0. The first-order valence-electron chi connectivity index (χ1n) is 4.90. The van der Waals surface area contributed by atoms with Gasteiger partial charge in [-0.3, -0.25) is 9.59 Å². The molecule has 1 aliphatic heterocycles. The van der Waals surface area contributed by atoms with Crippen molar-refractivity contribution >= 4 is 17.9 Å². The number of fused-ring (bicyclic) bond motifs is 1. The summed E-state index contributed by atoms with van der Waals surface area (Å²) < 4.78 is 36.9. The Morgan fingerprint density at radius 3 is 2.65 bits per heavy atom. The van der Waals surface area contributed by atoms with Crippen LogP contribution >= 0.6 is 0 Å². The van der Waals surface area contributed by atoms with Crippen LogP contribution < -0.4 is 4.90 Å². The van der Waals surface area contributed by atoms with Gasteiger partial charge >= 0.3 is 12.1 Å². The molecule has 1 aromatic rings. The Hall–Kier alpha value is -1.85. The lowest BCUT2D eigenvalue weighted by Crippen LogP contribution is -2.40. The molecule has 0 unspecified atom stereocenters. The third-order valence-corrected chi connectivity index (χ3v) is 2.62. The highest BCUT2D eigenvalue weighted by atomic mass is 19.4. The summed E-state index contributed by atoms with van der Waals surface area (Å²) in [5, 5.41) is 0. The second kappa shape index (κ2) is 3.87. The molecular formula is C11H8F3NO2. The molecule has 0 fully saturated rings. The Morgan fingerprint density at radius 2 is 2.06 bits per heavy atom. The smallest absolute Gasteiger partial charge is 0.304 e. The van der Waals surface area contributed by atoms with Crippen molar-refractivity contribution in [3.63, 3.8) is 0 Å². The van der Waals surface area contributed by atoms with E-state index in [9.17, 15) is 22.8 Å². The van der Waals surface area contributed by atoms with Crippen LogP contribution in [0.4, 0.5) is 18.9 Å². The minimum Gasteiger partial charge on any atom is -0.304 e. The first-order valence-corrected chi connectivity index (χ1v) is 4.90. The van der Waals surface area contributed by atoms with E-state index in [1.165, 1.54) is 18.2 Å². The molecule has 1 aromatic carbocycles. The van der Waals surface area contributed by atoms with E-state index in [1.807, 2.05) is 0 Å². The van der Waals surface area contributed by atoms with E-state index in [-0.39, 0.29) is 12.2 Å². The number of hydrogen-bond donors (Lipinski definition) is 0. The van der Waals surface area contributed by atoms with Gasteiger partial charge in [-0.25, -0.2) is 0 Å². The lowest BCUT2D eigenvalue weighted by atomic mass is 10.1. The van der Waals surface area contributed by atoms with Crippen molar-refractivity contribution in [3.8, 4) is 0 Å². The van der Waals surface area contributed by atoms with Gasteiger partial charge in [0.25, 0.3) is 0 Å². The van der Waals surface area contributed by atoms with E-state index >= 15 is 0 Å². The lowest BCUT2D eigenvalue weighted by molar-refractivity contribution is -0.170. The van der Waals surface area contributed by atoms with Gasteiger partial charge in [0.05, 0.1) is 0 Å². The summed E-state index contributed by atoms with van der Waals surface area (Å²) in [4.78, 5) is 22.3. The fourth-order valence-corrected chi connectivity index (χ4v) is 1.86. The summed E-state index contributed by atoms with van der Waals surface area (Å²) in [5.74, 6) is -1.87. The molecule has 0 saturated heterocycles. The fourth-order valence-electron chi connectivity index (χ4n) is 1.86. The summed E-state index contributed by atoms with van der Waals surface area (Å²) in [6.07, 6.45) is -3.92. The zero-order valence-corrected chi connectivity index (χ0v) is 8.62. The quantitative estimate of drug-likeness (QED) is 0.707. The minimum absolute atomic E-state index is 0.00398. The molecule has 0 radical (unpaired) electrons. The van der Waals surface area contributed by atoms with Crippen molar-refractivity contribution < 1.29 is 22.8 Å². The Kier molecular flexibility index (Phi) is 2.65. The Bertz CT molecular complexity index is 482. The lowest BCUT2D eigenvalue weighted by Gasteiger charge is -2.18. The highest BCUT2D eigenvalue weighted by Crippen LogP contribution is 2.32. The highest BCUT2D eigenvalue weighted by Gasteiger charge is 2.44. The van der Waals surface area contributed by atoms with Crippen LogP contribution in [0.25, 0.3) is 0 Å². The van der Waals surface area contributed by atoms with Crippen LogP contribution in [0.2, 0.25) is 0 Å². The number of rotatable bonds is 1. The van der Waals surface area contributed by atoms with Crippen molar-refractivity contribution in [2.24, 2.45) is 0 Å². The van der Waals surface area contributed by atoms with Gasteiger partial charge in [0.1, 0.15) is 6.29 Å². The van der Waals surface area contributed by atoms with E-state index in [0.717, 1.165) is 0 Å². The van der Waals surface area contributed by atoms with Crippen LogP contribution in [0.5, 0.6) is 0 Å². The van der Waals surface area contributed by atoms with Gasteiger partial charge in [0, 0.05) is 17.8 Å². The normalized spacial score (nSPS) is 14.6. The van der Waals surface area contributed by atoms with Crippen LogP contribution in [-0.2, 0) is 11.2 Å². The maximum absolute atomic E-state index is 12.3. The first kappa shape index (κ1) is 11.6. The number of nitrogens with zero attached hydrogens (tertiary/aromatic N) is 1. The Morgan fingerprint density at radius 1 is 1.35 bits per heavy atom. The number of halogens is 3. The van der Waals surface area contributed by atoms with Crippen LogP contribution in [0.15, 0.2) is 18.2 Å². The molecule has 0 aliphatic carbocycles. The van der Waals surface area contributed by atoms with Crippen molar-refractivity contribution in [1.82, 2.24) is 0 Å². The zero-order valence-electron chi connectivity index (χ0n) is 8.62. The summed E-state index contributed by atoms with van der Waals surface area (Å²) in [6.45, 7) is -0.00398. The van der Waals surface area contributed by atoms with E-state index in [4.69, 9.17) is 0 Å². The number of hydrogen-bond acceptors (Lipinski definition) is 2. The topological polar surface area (TPSA) is 37.4 Å². The molecule has 0 saturated carbocycles. The molecule has 90 valence electrons. The van der Waals surface area contributed by atoms with Crippen LogP contribution in [-0.4, -0.2) is 24.9 Å². The summed E-state index contributed by atoms with van der Waals surface area (Å²) in [7, 11) is 0. The van der Waals surface area contributed by atoms with Crippen LogP contribution in [0.1, 0.15) is 15.9 Å². The molecule has 2 rings (SSSR count). The van der Waals surface area contributed by atoms with E-state index in [0.29, 0.717) is 28.7 Å². The Balaban J connectivity index is 2.35. The molecule has 0 atom stereocenters. The number of carbonyl (C=O) groups is 2. The molecule has 3 nitrogen and oxygen atoms in total. The number of alkyl halides is 3. The highest BCUT2D eigenvalue weighted by molar-refractivity contribution is 5.99. The van der Waals surface area contributed by atoms with Crippen LogP contribution in [0.3, 0.4) is 0 Å². The molecule has 0 spiro atoms. The molecule has 1 aliphatic rings. The third kappa shape index (κ3) is 2.02. The van der Waals surface area contributed by atoms with Crippen molar-refractivity contribution in [2.45, 2.75) is 12.6 Å². The number of aldehydes is 1. The molecule has 1 heterocycles. The van der Waals surface area contributed by atoms with Crippen LogP contribution in [0, 0.1) is 0 Å². The monoisotopic (exact) mass is 243 g/mol. The number of carbonyl (C=O) groups excluding carboxylic acids is 2. The minimum atomic E-state index is -4.87. The number of benzene rings is 1. The molecule has 0 bridgehead atoms. The van der Waals surface area contributed by atoms with Crippen molar-refractivity contribution in [2.75, 3.05) is 11.4 Å². The van der Waals surface area contributed by atoms with Gasteiger partial charge in [-0.2, -0.15) is 13.2 Å². The molecule has 0 N–H and O–H groups in total. The second-order valence-electron chi connectivity index (χ2n) is 3.71. The number of anilines is 1. The van der Waals surface area contributed by atoms with Crippen molar-refractivity contribution in [3.05, 3.63) is 29.3 Å². The summed E-state index contributed by atoms with van der Waals surface area (Å²) in [5.41, 5.74) is 1.22. The largest absolute Gasteiger partial charge is 0.471 e. The first-order chi connectivity index (χ1) is 7.93. The maximum Gasteiger partial charge on any atom is 0.471 e. The molecule has 1 amide bonds. The average molecular weight is 243 g/mol. The van der Waals surface area contributed by atoms with E-state index in [2.05, 4.69) is 0 Å². The van der Waals surface area contributed by atoms with Gasteiger partial charge in [0.2, 0.25) is 0 Å². The molecular weight excluding hydrogens is 235 g/mol. The van der Waals surface area contributed by atoms with Gasteiger partial charge in [-0.1, -0.05) is 0 Å². The van der Waals surface area contributed by atoms with Gasteiger partial charge < -0.3 is 4.90 Å². The standard InChI is InChI=1S/C11H8F3NO2/c12-11(13,14)10(17)15-4-3-8-5-7(6-16)1-2-9(8)15/h1-2,5-6H,3-4H2. The maximum atomic E-state index is 12.3. The van der Waals surface area contributed by atoms with Gasteiger partial charge in [-0.15, -0.1) is 0 Å². The fraction of sp³-hybridized carbons (Fsp3) is 0.273. The third-order valence-electron chi connectivity index (χ3n) is 2.62.